The van der Waals surface area contributed by atoms with Gasteiger partial charge < -0.3 is 14.6 Å². The van der Waals surface area contributed by atoms with Gasteiger partial charge in [-0.3, -0.25) is 4.79 Å². The summed E-state index contributed by atoms with van der Waals surface area (Å²) in [4.78, 5) is 25.8. The molecule has 0 saturated carbocycles. The highest BCUT2D eigenvalue weighted by Crippen LogP contribution is 2.25. The number of likely N-dealkylation sites (N-methyl/N-ethyl adjacent to an activating group) is 1. The Hall–Kier alpha value is -3.85. The Kier molecular flexibility index (Phi) is 9.05. The number of allylic oxidation sites excluding steroid dienone is 3. The lowest BCUT2D eigenvalue weighted by atomic mass is 10.0. The van der Waals surface area contributed by atoms with Crippen molar-refractivity contribution in [2.24, 2.45) is 7.05 Å². The van der Waals surface area contributed by atoms with E-state index in [2.05, 4.69) is 6.58 Å². The third-order valence-corrected chi connectivity index (χ3v) is 4.33. The second kappa shape index (κ2) is 11.2. The molecule has 6 nitrogen and oxygen atoms in total. The van der Waals surface area contributed by atoms with Gasteiger partial charge in [0.15, 0.2) is 0 Å². The first kappa shape index (κ1) is 24.2. The second-order valence-corrected chi connectivity index (χ2v) is 6.17. The quantitative estimate of drug-likeness (QED) is 0.552. The fourth-order valence-electron chi connectivity index (χ4n) is 2.86. The van der Waals surface area contributed by atoms with E-state index >= 15 is 0 Å². The normalized spacial score (nSPS) is 11.1. The minimum Gasteiger partial charge on any atom is -0.477 e. The number of carbonyl (C=O) groups excluding carboxylic acids is 1. The van der Waals surface area contributed by atoms with Gasteiger partial charge in [-0.05, 0) is 30.7 Å². The van der Waals surface area contributed by atoms with Crippen molar-refractivity contribution in [3.63, 3.8) is 0 Å². The number of carboxylic acid groups (broad SMARTS) is 1. The molecule has 1 heterocycles. The molecule has 0 unspecified atom stereocenters. The van der Waals surface area contributed by atoms with Crippen LogP contribution in [0.4, 0.5) is 5.69 Å². The van der Waals surface area contributed by atoms with Crippen LogP contribution in [0, 0.1) is 11.3 Å². The van der Waals surface area contributed by atoms with Gasteiger partial charge in [-0.15, -0.1) is 0 Å². The number of benzene rings is 1. The minimum absolute atomic E-state index is 0.0200. The van der Waals surface area contributed by atoms with Crippen molar-refractivity contribution >= 4 is 23.1 Å². The van der Waals surface area contributed by atoms with Crippen LogP contribution in [-0.4, -0.2) is 28.6 Å². The summed E-state index contributed by atoms with van der Waals surface area (Å²) in [6.45, 7) is 9.40. The van der Waals surface area contributed by atoms with Crippen LogP contribution in [0.25, 0.3) is 5.57 Å². The molecule has 6 heteroatoms. The molecule has 0 saturated heterocycles. The molecule has 1 amide bonds. The molecule has 0 fully saturated rings. The molecule has 156 valence electrons. The summed E-state index contributed by atoms with van der Waals surface area (Å²) in [7, 11) is 3.24. The molecular weight excluding hydrogens is 378 g/mol. The molecule has 0 aliphatic rings. The fraction of sp³-hybridized carbons (Fsp3) is 0.208. The first-order valence-electron chi connectivity index (χ1n) is 9.49. The number of anilines is 1. The lowest BCUT2D eigenvalue weighted by Gasteiger charge is -2.17. The molecule has 30 heavy (non-hydrogen) atoms. The first-order valence-corrected chi connectivity index (χ1v) is 9.49. The Morgan fingerprint density at radius 3 is 2.30 bits per heavy atom. The zero-order valence-electron chi connectivity index (χ0n) is 18.0. The Morgan fingerprint density at radius 1 is 1.20 bits per heavy atom. The second-order valence-electron chi connectivity index (χ2n) is 6.17. The number of nitrogens with zero attached hydrogens (tertiary/aromatic N) is 3. The number of carbonyl (C=O) groups is 2. The summed E-state index contributed by atoms with van der Waals surface area (Å²) in [6, 6.07) is 11.2. The van der Waals surface area contributed by atoms with Gasteiger partial charge in [0, 0.05) is 37.1 Å². The van der Waals surface area contributed by atoms with E-state index in [1.807, 2.05) is 50.2 Å². The molecule has 0 atom stereocenters. The Bertz CT molecular complexity index is 1020. The van der Waals surface area contributed by atoms with Crippen LogP contribution in [-0.2, 0) is 11.8 Å². The minimum atomic E-state index is -1.13. The molecule has 1 aromatic heterocycles. The molecule has 0 spiro atoms. The molecule has 0 aliphatic carbocycles. The zero-order valence-corrected chi connectivity index (χ0v) is 18.0. The Balaban J connectivity index is 0.00000218. The summed E-state index contributed by atoms with van der Waals surface area (Å²) < 4.78 is 1.40. The molecule has 2 rings (SSSR count). The number of carboxylic acids is 1. The largest absolute Gasteiger partial charge is 0.477 e. The molecule has 1 aromatic carbocycles. The van der Waals surface area contributed by atoms with E-state index in [-0.39, 0.29) is 17.2 Å². The number of para-hydroxylation sites is 1. The van der Waals surface area contributed by atoms with E-state index in [0.717, 1.165) is 5.69 Å². The van der Waals surface area contributed by atoms with Crippen molar-refractivity contribution in [3.05, 3.63) is 83.7 Å². The van der Waals surface area contributed by atoms with Gasteiger partial charge in [0.2, 0.25) is 0 Å². The van der Waals surface area contributed by atoms with Crippen LogP contribution in [0.3, 0.4) is 0 Å². The number of nitriles is 1. The standard InChI is InChI=1S/C22H21N3O3.C2H6/c1-5-16(21(26)25(4)18-9-7-6-8-10-18)12-11-15(2)19-17(13-23)14-24(3)20(19)22(27)28;1-2/h5-12,14H,1H2,2-4H3,(H,27,28);1-2H3/b15-11+,16-12+;. The number of aryl methyl sites for hydroxylation is 1. The van der Waals surface area contributed by atoms with E-state index in [0.29, 0.717) is 16.7 Å². The van der Waals surface area contributed by atoms with E-state index in [1.54, 1.807) is 33.2 Å². The van der Waals surface area contributed by atoms with Crippen LogP contribution in [0.5, 0.6) is 0 Å². The maximum absolute atomic E-state index is 12.7. The highest BCUT2D eigenvalue weighted by molar-refractivity contribution is 6.07. The molecule has 0 radical (unpaired) electrons. The van der Waals surface area contributed by atoms with Gasteiger partial charge in [0.25, 0.3) is 5.91 Å². The van der Waals surface area contributed by atoms with Gasteiger partial charge in [-0.1, -0.05) is 50.8 Å². The van der Waals surface area contributed by atoms with Crippen LogP contribution in [0.1, 0.15) is 42.4 Å². The summed E-state index contributed by atoms with van der Waals surface area (Å²) >= 11 is 0. The van der Waals surface area contributed by atoms with Gasteiger partial charge in [-0.25, -0.2) is 4.79 Å². The van der Waals surface area contributed by atoms with Crippen molar-refractivity contribution in [2.45, 2.75) is 20.8 Å². The van der Waals surface area contributed by atoms with Crippen molar-refractivity contribution in [2.75, 3.05) is 11.9 Å². The molecule has 2 aromatic rings. The zero-order chi connectivity index (χ0) is 22.8. The van der Waals surface area contributed by atoms with E-state index in [9.17, 15) is 20.0 Å². The fourth-order valence-corrected chi connectivity index (χ4v) is 2.86. The van der Waals surface area contributed by atoms with Crippen molar-refractivity contribution in [1.82, 2.24) is 4.57 Å². The predicted octanol–water partition coefficient (Wildman–Crippen LogP) is 4.80. The van der Waals surface area contributed by atoms with Gasteiger partial charge >= 0.3 is 5.97 Å². The molecule has 0 aliphatic heterocycles. The summed E-state index contributed by atoms with van der Waals surface area (Å²) in [6.07, 6.45) is 6.11. The monoisotopic (exact) mass is 405 g/mol. The average Bonchev–Trinajstić information content (AvgIpc) is 3.11. The smallest absolute Gasteiger partial charge is 0.353 e. The number of hydrogen-bond donors (Lipinski definition) is 1. The maximum Gasteiger partial charge on any atom is 0.353 e. The van der Waals surface area contributed by atoms with E-state index in [1.165, 1.54) is 21.7 Å². The van der Waals surface area contributed by atoms with Crippen molar-refractivity contribution < 1.29 is 14.7 Å². The summed E-state index contributed by atoms with van der Waals surface area (Å²) in [5, 5.41) is 18.8. The number of rotatable bonds is 6. The number of amides is 1. The predicted molar refractivity (Wildman–Crippen MR) is 120 cm³/mol. The van der Waals surface area contributed by atoms with Gasteiger partial charge in [0.05, 0.1) is 5.56 Å². The van der Waals surface area contributed by atoms with Gasteiger partial charge in [-0.2, -0.15) is 5.26 Å². The molecule has 0 bridgehead atoms. The van der Waals surface area contributed by atoms with Gasteiger partial charge in [0.1, 0.15) is 11.8 Å². The van der Waals surface area contributed by atoms with E-state index in [4.69, 9.17) is 0 Å². The lowest BCUT2D eigenvalue weighted by molar-refractivity contribution is -0.114. The number of aromatic carboxylic acids is 1. The average molecular weight is 405 g/mol. The Labute approximate surface area is 177 Å². The Morgan fingerprint density at radius 2 is 1.80 bits per heavy atom. The highest BCUT2D eigenvalue weighted by Gasteiger charge is 2.21. The van der Waals surface area contributed by atoms with E-state index < -0.39 is 5.97 Å². The van der Waals surface area contributed by atoms with Crippen molar-refractivity contribution in [3.8, 4) is 6.07 Å². The van der Waals surface area contributed by atoms with Crippen LogP contribution < -0.4 is 4.90 Å². The SMILES string of the molecule is C=C/C(=C\C=C(/C)c1c(C#N)cn(C)c1C(=O)O)C(=O)N(C)c1ccccc1.CC. The number of hydrogen-bond acceptors (Lipinski definition) is 3. The molecular formula is C24H27N3O3. The number of aromatic nitrogens is 1. The maximum atomic E-state index is 12.7. The summed E-state index contributed by atoms with van der Waals surface area (Å²) in [5.41, 5.74) is 2.26. The first-order chi connectivity index (χ1) is 14.3. The van der Waals surface area contributed by atoms with Crippen LogP contribution >= 0.6 is 0 Å². The third kappa shape index (κ3) is 5.36. The highest BCUT2D eigenvalue weighted by atomic mass is 16.4. The van der Waals surface area contributed by atoms with Crippen molar-refractivity contribution in [1.29, 1.82) is 5.26 Å². The topological polar surface area (TPSA) is 86.3 Å². The lowest BCUT2D eigenvalue weighted by Crippen LogP contribution is -2.27. The molecule has 1 N–H and O–H groups in total. The van der Waals surface area contributed by atoms with Crippen LogP contribution in [0.2, 0.25) is 0 Å². The summed E-state index contributed by atoms with van der Waals surface area (Å²) in [5.74, 6) is -1.38. The third-order valence-electron chi connectivity index (χ3n) is 4.33. The van der Waals surface area contributed by atoms with Crippen LogP contribution in [0.15, 0.2) is 66.9 Å².